The number of rotatable bonds is 1. The first-order valence-electron chi connectivity index (χ1n) is 4.52. The minimum absolute atomic E-state index is 0.664. The van der Waals surface area contributed by atoms with E-state index in [9.17, 15) is 4.21 Å². The molecule has 2 aromatic carbocycles. The Hall–Kier alpha value is -1.45. The molecule has 1 atom stereocenters. The van der Waals surface area contributed by atoms with Crippen molar-refractivity contribution in [2.75, 3.05) is 0 Å². The highest BCUT2D eigenvalue weighted by Gasteiger charge is 1.91. The zero-order valence-corrected chi connectivity index (χ0v) is 9.06. The fourth-order valence-corrected chi connectivity index (χ4v) is 1.36. The highest BCUT2D eigenvalue weighted by molar-refractivity contribution is 7.82. The molecule has 0 aliphatic heterocycles. The van der Waals surface area contributed by atoms with Crippen LogP contribution in [0.25, 0.3) is 0 Å². The van der Waals surface area contributed by atoms with E-state index in [-0.39, 0.29) is 0 Å². The van der Waals surface area contributed by atoms with Crippen LogP contribution in [-0.2, 0) is 11.0 Å². The van der Waals surface area contributed by atoms with Crippen molar-refractivity contribution in [2.24, 2.45) is 5.14 Å². The van der Waals surface area contributed by atoms with Gasteiger partial charge in [-0.1, -0.05) is 54.6 Å². The minimum Gasteiger partial charge on any atom is -0.248 e. The average Bonchev–Trinajstić information content (AvgIpc) is 2.33. The summed E-state index contributed by atoms with van der Waals surface area (Å²) >= 11 is 0. The third-order valence-corrected chi connectivity index (χ3v) is 2.38. The second kappa shape index (κ2) is 6.92. The van der Waals surface area contributed by atoms with Gasteiger partial charge in [-0.2, -0.15) is 0 Å². The van der Waals surface area contributed by atoms with Crippen LogP contribution in [0.1, 0.15) is 0 Å². The first-order valence-corrected chi connectivity index (χ1v) is 5.73. The molecule has 0 aliphatic rings. The van der Waals surface area contributed by atoms with Gasteiger partial charge in [-0.15, -0.1) is 0 Å². The molecule has 0 amide bonds. The summed E-state index contributed by atoms with van der Waals surface area (Å²) in [5.41, 5.74) is 0. The van der Waals surface area contributed by atoms with Crippen LogP contribution in [0, 0.1) is 0 Å². The van der Waals surface area contributed by atoms with Gasteiger partial charge in [-0.05, 0) is 12.1 Å². The Bertz CT molecular complexity index is 362. The molecule has 78 valence electrons. The zero-order chi connectivity index (χ0) is 10.9. The zero-order valence-electron chi connectivity index (χ0n) is 8.24. The molecule has 0 saturated carbocycles. The van der Waals surface area contributed by atoms with E-state index < -0.39 is 11.0 Å². The molecule has 0 aliphatic carbocycles. The number of nitrogens with two attached hydrogens (primary N) is 1. The van der Waals surface area contributed by atoms with E-state index in [4.69, 9.17) is 5.14 Å². The van der Waals surface area contributed by atoms with Gasteiger partial charge < -0.3 is 0 Å². The predicted molar refractivity (Wildman–Crippen MR) is 63.5 cm³/mol. The van der Waals surface area contributed by atoms with Gasteiger partial charge in [0.1, 0.15) is 11.0 Å². The Morgan fingerprint density at radius 1 is 0.733 bits per heavy atom. The van der Waals surface area contributed by atoms with Gasteiger partial charge in [0.2, 0.25) is 0 Å². The quantitative estimate of drug-likeness (QED) is 0.786. The number of benzene rings is 2. The van der Waals surface area contributed by atoms with Crippen LogP contribution in [0.15, 0.2) is 71.6 Å². The smallest absolute Gasteiger partial charge is 0.122 e. The van der Waals surface area contributed by atoms with Crippen LogP contribution in [-0.4, -0.2) is 4.21 Å². The lowest BCUT2D eigenvalue weighted by molar-refractivity contribution is 0.684. The van der Waals surface area contributed by atoms with Gasteiger partial charge in [0.15, 0.2) is 0 Å². The van der Waals surface area contributed by atoms with E-state index in [2.05, 4.69) is 0 Å². The first kappa shape index (κ1) is 11.6. The van der Waals surface area contributed by atoms with E-state index in [0.29, 0.717) is 4.90 Å². The fourth-order valence-electron chi connectivity index (χ4n) is 0.940. The second-order valence-electron chi connectivity index (χ2n) is 2.77. The molecule has 1 unspecified atom stereocenters. The minimum atomic E-state index is -1.33. The lowest BCUT2D eigenvalue weighted by atomic mass is 10.4. The summed E-state index contributed by atoms with van der Waals surface area (Å²) in [5, 5.41) is 5.09. The molecule has 3 heteroatoms. The highest BCUT2D eigenvalue weighted by Crippen LogP contribution is 1.99. The van der Waals surface area contributed by atoms with Crippen molar-refractivity contribution < 1.29 is 4.21 Å². The number of hydrogen-bond acceptors (Lipinski definition) is 1. The summed E-state index contributed by atoms with van der Waals surface area (Å²) in [4.78, 5) is 0.664. The Morgan fingerprint density at radius 2 is 1.07 bits per heavy atom. The van der Waals surface area contributed by atoms with Gasteiger partial charge in [0.05, 0.1) is 4.90 Å². The molecular weight excluding hydrogens is 206 g/mol. The normalized spacial score (nSPS) is 11.0. The van der Waals surface area contributed by atoms with Crippen LogP contribution in [0.5, 0.6) is 0 Å². The second-order valence-corrected chi connectivity index (χ2v) is 3.83. The van der Waals surface area contributed by atoms with Crippen molar-refractivity contribution in [1.82, 2.24) is 0 Å². The van der Waals surface area contributed by atoms with Crippen molar-refractivity contribution in [3.63, 3.8) is 0 Å². The molecule has 2 rings (SSSR count). The van der Waals surface area contributed by atoms with E-state index in [1.165, 1.54) is 0 Å². The molecule has 15 heavy (non-hydrogen) atoms. The lowest BCUT2D eigenvalue weighted by Gasteiger charge is -1.90. The maximum atomic E-state index is 10.5. The Labute approximate surface area is 92.3 Å². The van der Waals surface area contributed by atoms with Gasteiger partial charge in [-0.25, -0.2) is 9.35 Å². The largest absolute Gasteiger partial charge is 0.248 e. The third-order valence-electron chi connectivity index (χ3n) is 1.64. The van der Waals surface area contributed by atoms with Crippen molar-refractivity contribution in [3.8, 4) is 0 Å². The standard InChI is InChI=1S/C6H7NOS.C6H6/c7-9(8)6-4-2-1-3-5-6;1-2-4-6-5-3-1/h1-5H,7H2;1-6H. The SMILES string of the molecule is NS(=O)c1ccccc1.c1ccccc1. The summed E-state index contributed by atoms with van der Waals surface area (Å²) in [6.07, 6.45) is 0. The molecule has 0 radical (unpaired) electrons. The maximum absolute atomic E-state index is 10.5. The molecular formula is C12H13NOS. The van der Waals surface area contributed by atoms with E-state index in [0.717, 1.165) is 0 Å². The predicted octanol–water partition coefficient (Wildman–Crippen LogP) is 2.35. The molecule has 0 heterocycles. The molecule has 0 saturated heterocycles. The van der Waals surface area contributed by atoms with Crippen LogP contribution in [0.3, 0.4) is 0 Å². The van der Waals surface area contributed by atoms with Gasteiger partial charge in [0.25, 0.3) is 0 Å². The van der Waals surface area contributed by atoms with Crippen molar-refractivity contribution in [1.29, 1.82) is 0 Å². The van der Waals surface area contributed by atoms with Gasteiger partial charge in [-0.3, -0.25) is 0 Å². The molecule has 0 aromatic heterocycles. The van der Waals surface area contributed by atoms with Crippen LogP contribution in [0.2, 0.25) is 0 Å². The number of hydrogen-bond donors (Lipinski definition) is 1. The topological polar surface area (TPSA) is 43.1 Å². The molecule has 0 fully saturated rings. The Kier molecular flexibility index (Phi) is 5.37. The molecule has 2 N–H and O–H groups in total. The third kappa shape index (κ3) is 5.10. The summed E-state index contributed by atoms with van der Waals surface area (Å²) in [6, 6.07) is 20.9. The maximum Gasteiger partial charge on any atom is 0.122 e. The van der Waals surface area contributed by atoms with Crippen molar-refractivity contribution in [2.45, 2.75) is 4.90 Å². The van der Waals surface area contributed by atoms with Gasteiger partial charge >= 0.3 is 0 Å². The fraction of sp³-hybridized carbons (Fsp3) is 0. The Balaban J connectivity index is 0.000000162. The monoisotopic (exact) mass is 219 g/mol. The summed E-state index contributed by atoms with van der Waals surface area (Å²) < 4.78 is 10.5. The summed E-state index contributed by atoms with van der Waals surface area (Å²) in [5.74, 6) is 0. The van der Waals surface area contributed by atoms with Crippen LogP contribution >= 0.6 is 0 Å². The summed E-state index contributed by atoms with van der Waals surface area (Å²) in [7, 11) is -1.33. The Morgan fingerprint density at radius 3 is 1.33 bits per heavy atom. The molecule has 0 spiro atoms. The highest BCUT2D eigenvalue weighted by atomic mass is 32.2. The average molecular weight is 219 g/mol. The molecule has 2 aromatic rings. The molecule has 0 bridgehead atoms. The van der Waals surface area contributed by atoms with E-state index in [1.54, 1.807) is 24.3 Å². The summed E-state index contributed by atoms with van der Waals surface area (Å²) in [6.45, 7) is 0. The van der Waals surface area contributed by atoms with Gasteiger partial charge in [0, 0.05) is 0 Å². The van der Waals surface area contributed by atoms with Crippen molar-refractivity contribution in [3.05, 3.63) is 66.7 Å². The first-order chi connectivity index (χ1) is 7.30. The van der Waals surface area contributed by atoms with E-state index in [1.807, 2.05) is 42.5 Å². The van der Waals surface area contributed by atoms with Crippen LogP contribution in [0.4, 0.5) is 0 Å². The van der Waals surface area contributed by atoms with E-state index >= 15 is 0 Å². The van der Waals surface area contributed by atoms with Crippen LogP contribution < -0.4 is 5.14 Å². The molecule has 2 nitrogen and oxygen atoms in total. The van der Waals surface area contributed by atoms with Crippen molar-refractivity contribution >= 4 is 11.0 Å². The lowest BCUT2D eigenvalue weighted by Crippen LogP contribution is -2.01.